The van der Waals surface area contributed by atoms with Crippen molar-refractivity contribution in [2.45, 2.75) is 45.6 Å². The zero-order valence-corrected chi connectivity index (χ0v) is 7.27. The first-order valence-corrected chi connectivity index (χ1v) is 4.58. The number of nitrogens with zero attached hydrogens (tertiary/aromatic N) is 1. The second-order valence-electron chi connectivity index (χ2n) is 3.38. The van der Waals surface area contributed by atoms with Gasteiger partial charge in [0.25, 0.3) is 0 Å². The predicted molar refractivity (Wildman–Crippen MR) is 45.5 cm³/mol. The lowest BCUT2D eigenvalue weighted by atomic mass is 10.2. The van der Waals surface area contributed by atoms with E-state index >= 15 is 0 Å². The molecule has 0 spiro atoms. The Bertz CT molecular complexity index is 90.7. The molecule has 1 radical (unpaired) electrons. The molecule has 1 saturated heterocycles. The number of rotatable bonds is 3. The average molecular weight is 141 g/mol. The second kappa shape index (κ2) is 3.97. The van der Waals surface area contributed by atoms with Gasteiger partial charge in [0, 0.05) is 19.3 Å². The molecule has 0 N–H and O–H groups in total. The van der Waals surface area contributed by atoms with Gasteiger partial charge in [0.15, 0.2) is 0 Å². The molecule has 1 nitrogen and oxygen atoms in total. The molecule has 0 amide bonds. The van der Waals surface area contributed by atoms with Crippen molar-refractivity contribution in [1.29, 1.82) is 0 Å². The minimum Gasteiger partial charge on any atom is -0.168 e. The van der Waals surface area contributed by atoms with E-state index in [1.807, 2.05) is 0 Å². The van der Waals surface area contributed by atoms with Crippen molar-refractivity contribution in [1.82, 2.24) is 4.90 Å². The molecular weight excluding hydrogens is 122 g/mol. The Balaban J connectivity index is 2.14. The largest absolute Gasteiger partial charge is 0.168 e. The van der Waals surface area contributed by atoms with Crippen molar-refractivity contribution in [3.05, 3.63) is 0 Å². The molecule has 1 rings (SSSR count). The molecule has 0 aromatic heterocycles. The third kappa shape index (κ3) is 1.98. The molecule has 0 bridgehead atoms. The van der Waals surface area contributed by atoms with Gasteiger partial charge in [-0.15, -0.1) is 0 Å². The monoisotopic (exact) mass is 141 g/mol. The van der Waals surface area contributed by atoms with Crippen LogP contribution in [0.1, 0.15) is 39.5 Å². The zero-order chi connectivity index (χ0) is 7.40. The highest BCUT2D eigenvalue weighted by Gasteiger charge is 2.28. The molecule has 0 unspecified atom stereocenters. The molecule has 1 aliphatic heterocycles. The van der Waals surface area contributed by atoms with Crippen LogP contribution in [0, 0.1) is 0 Å². The summed E-state index contributed by atoms with van der Waals surface area (Å²) < 4.78 is 0. The average Bonchev–Trinajstić information content (AvgIpc) is 2.31. The first kappa shape index (κ1) is 8.06. The van der Waals surface area contributed by atoms with Crippen molar-refractivity contribution in [2.75, 3.05) is 13.1 Å². The molecule has 1 heterocycles. The Hall–Kier alpha value is -0.0400. The summed E-state index contributed by atoms with van der Waals surface area (Å²) in [6, 6.07) is 0.867. The summed E-state index contributed by atoms with van der Waals surface area (Å²) in [6.07, 6.45) is 5.56. The van der Waals surface area contributed by atoms with Crippen LogP contribution in [0.3, 0.4) is 0 Å². The fourth-order valence-corrected chi connectivity index (χ4v) is 1.69. The van der Waals surface area contributed by atoms with Crippen molar-refractivity contribution in [3.8, 4) is 0 Å². The number of likely N-dealkylation sites (tertiary alicyclic amines) is 1. The maximum absolute atomic E-state index is 2.61. The Kier molecular flexibility index (Phi) is 3.20. The lowest BCUT2D eigenvalue weighted by molar-refractivity contribution is 0.394. The first-order valence-electron chi connectivity index (χ1n) is 4.58. The molecule has 59 valence electrons. The maximum Gasteiger partial charge on any atom is 0.130 e. The molecule has 1 heteroatoms. The van der Waals surface area contributed by atoms with Gasteiger partial charge in [0.1, 0.15) is 19.1 Å². The smallest absolute Gasteiger partial charge is 0.130 e. The van der Waals surface area contributed by atoms with Crippen LogP contribution < -0.4 is 4.90 Å². The van der Waals surface area contributed by atoms with Gasteiger partial charge in [-0.3, -0.25) is 0 Å². The fourth-order valence-electron chi connectivity index (χ4n) is 1.69. The van der Waals surface area contributed by atoms with Gasteiger partial charge in [0.05, 0.1) is 0 Å². The van der Waals surface area contributed by atoms with Crippen LogP contribution in [0.15, 0.2) is 0 Å². The number of hydrogen-bond donors (Lipinski definition) is 0. The second-order valence-corrected chi connectivity index (χ2v) is 3.38. The Morgan fingerprint density at radius 1 is 1.50 bits per heavy atom. The molecule has 10 heavy (non-hydrogen) atoms. The van der Waals surface area contributed by atoms with Crippen LogP contribution in [0.2, 0.25) is 0 Å². The quantitative estimate of drug-likeness (QED) is 0.531. The highest BCUT2D eigenvalue weighted by Crippen LogP contribution is 2.13. The zero-order valence-electron chi connectivity index (χ0n) is 7.27. The lowest BCUT2D eigenvalue weighted by Crippen LogP contribution is -2.33. The Labute approximate surface area is 64.4 Å². The maximum atomic E-state index is 2.61. The SMILES string of the molecule is CCCC[N+]1CCC[C@H]1C. The minimum atomic E-state index is 0.867. The summed E-state index contributed by atoms with van der Waals surface area (Å²) >= 11 is 0. The number of hydrogen-bond acceptors (Lipinski definition) is 1. The molecule has 0 saturated carbocycles. The van der Waals surface area contributed by atoms with Crippen LogP contribution >= 0.6 is 0 Å². The third-order valence-corrected chi connectivity index (χ3v) is 2.49. The standard InChI is InChI=1S/C9H19N/c1-3-4-7-10-8-5-6-9(10)2/h9H,3-8H2,1-2H3/q+1/t9-/m1/s1. The molecular formula is C9H19N+. The molecule has 1 fully saturated rings. The highest BCUT2D eigenvalue weighted by atomic mass is 15.2. The summed E-state index contributed by atoms with van der Waals surface area (Å²) in [7, 11) is 0. The topological polar surface area (TPSA) is 5.90 Å². The van der Waals surface area contributed by atoms with Crippen molar-refractivity contribution < 1.29 is 0 Å². The highest BCUT2D eigenvalue weighted by molar-refractivity contribution is 4.79. The van der Waals surface area contributed by atoms with Gasteiger partial charge in [-0.1, -0.05) is 13.3 Å². The van der Waals surface area contributed by atoms with E-state index in [4.69, 9.17) is 0 Å². The predicted octanol–water partition coefficient (Wildman–Crippen LogP) is 2.11. The van der Waals surface area contributed by atoms with Crippen molar-refractivity contribution >= 4 is 0 Å². The lowest BCUT2D eigenvalue weighted by Gasteiger charge is -2.08. The van der Waals surface area contributed by atoms with Gasteiger partial charge >= 0.3 is 0 Å². The van der Waals surface area contributed by atoms with E-state index in [0.717, 1.165) is 6.04 Å². The molecule has 1 atom stereocenters. The van der Waals surface area contributed by atoms with Crippen molar-refractivity contribution in [3.63, 3.8) is 0 Å². The van der Waals surface area contributed by atoms with Gasteiger partial charge in [0.2, 0.25) is 0 Å². The summed E-state index contributed by atoms with van der Waals surface area (Å²) in [4.78, 5) is 2.61. The van der Waals surface area contributed by atoms with Crippen LogP contribution in [-0.4, -0.2) is 19.1 Å². The van der Waals surface area contributed by atoms with E-state index in [2.05, 4.69) is 18.7 Å². The summed E-state index contributed by atoms with van der Waals surface area (Å²) in [5.41, 5.74) is 0. The Morgan fingerprint density at radius 3 is 2.80 bits per heavy atom. The summed E-state index contributed by atoms with van der Waals surface area (Å²) in [5.74, 6) is 0. The van der Waals surface area contributed by atoms with Gasteiger partial charge in [-0.25, -0.2) is 0 Å². The van der Waals surface area contributed by atoms with Crippen LogP contribution in [0.4, 0.5) is 0 Å². The van der Waals surface area contributed by atoms with E-state index in [1.54, 1.807) is 0 Å². The van der Waals surface area contributed by atoms with Crippen LogP contribution in [0.5, 0.6) is 0 Å². The Morgan fingerprint density at radius 2 is 2.30 bits per heavy atom. The van der Waals surface area contributed by atoms with Crippen LogP contribution in [-0.2, 0) is 0 Å². The fraction of sp³-hybridized carbons (Fsp3) is 1.00. The van der Waals surface area contributed by atoms with Crippen LogP contribution in [0.25, 0.3) is 0 Å². The normalized spacial score (nSPS) is 27.6. The first-order chi connectivity index (χ1) is 4.84. The summed E-state index contributed by atoms with van der Waals surface area (Å²) in [6.45, 7) is 7.29. The van der Waals surface area contributed by atoms with Gasteiger partial charge in [-0.2, -0.15) is 4.90 Å². The molecule has 1 aliphatic rings. The van der Waals surface area contributed by atoms with Crippen molar-refractivity contribution in [2.24, 2.45) is 0 Å². The van der Waals surface area contributed by atoms with Gasteiger partial charge < -0.3 is 0 Å². The van der Waals surface area contributed by atoms with E-state index in [-0.39, 0.29) is 0 Å². The molecule has 0 aliphatic carbocycles. The van der Waals surface area contributed by atoms with E-state index in [1.165, 1.54) is 38.8 Å². The van der Waals surface area contributed by atoms with E-state index < -0.39 is 0 Å². The summed E-state index contributed by atoms with van der Waals surface area (Å²) in [5, 5.41) is 0. The minimum absolute atomic E-state index is 0.867. The third-order valence-electron chi connectivity index (χ3n) is 2.49. The molecule has 0 aromatic carbocycles. The number of unbranched alkanes of at least 4 members (excludes halogenated alkanes) is 1. The molecule has 0 aromatic rings. The van der Waals surface area contributed by atoms with E-state index in [9.17, 15) is 0 Å². The van der Waals surface area contributed by atoms with E-state index in [0.29, 0.717) is 0 Å². The van der Waals surface area contributed by atoms with Gasteiger partial charge in [-0.05, 0) is 6.92 Å².